The highest BCUT2D eigenvalue weighted by molar-refractivity contribution is 6.31. The summed E-state index contributed by atoms with van der Waals surface area (Å²) in [5, 5.41) is 11.9. The first-order valence-electron chi connectivity index (χ1n) is 12.4. The first-order valence-corrected chi connectivity index (χ1v) is 12.8. The lowest BCUT2D eigenvalue weighted by Gasteiger charge is -2.32. The van der Waals surface area contributed by atoms with Crippen molar-refractivity contribution < 1.29 is 19.0 Å². The van der Waals surface area contributed by atoms with Crippen molar-refractivity contribution >= 4 is 28.5 Å². The van der Waals surface area contributed by atoms with Gasteiger partial charge in [0.05, 0.1) is 34.9 Å². The van der Waals surface area contributed by atoms with Gasteiger partial charge in [-0.1, -0.05) is 25.4 Å². The van der Waals surface area contributed by atoms with Crippen molar-refractivity contribution in [3.8, 4) is 17.1 Å². The number of ether oxygens (including phenoxy) is 1. The Balaban J connectivity index is 1.57. The average Bonchev–Trinajstić information content (AvgIpc) is 3.21. The lowest BCUT2D eigenvalue weighted by Crippen LogP contribution is -2.39. The predicted octanol–water partition coefficient (Wildman–Crippen LogP) is 4.36. The molecule has 188 valence electrons. The minimum absolute atomic E-state index is 0.0132. The van der Waals surface area contributed by atoms with Gasteiger partial charge in [-0.2, -0.15) is 0 Å². The molecule has 2 aromatic heterocycles. The summed E-state index contributed by atoms with van der Waals surface area (Å²) in [7, 11) is 0. The van der Waals surface area contributed by atoms with E-state index in [1.807, 2.05) is 0 Å². The summed E-state index contributed by atoms with van der Waals surface area (Å²) in [6, 6.07) is 4.67. The molecule has 7 nitrogen and oxygen atoms in total. The topological polar surface area (TPSA) is 84.7 Å². The van der Waals surface area contributed by atoms with Crippen LogP contribution in [0.2, 0.25) is 5.02 Å². The molecule has 1 aromatic carbocycles. The maximum Gasteiger partial charge on any atom is 0.314 e. The molecule has 1 fully saturated rings. The monoisotopic (exact) mass is 511 g/mol. The van der Waals surface area contributed by atoms with Crippen LogP contribution in [-0.4, -0.2) is 38.6 Å². The number of esters is 1. The molecule has 0 radical (unpaired) electrons. The van der Waals surface area contributed by atoms with Crippen molar-refractivity contribution in [3.05, 3.63) is 56.1 Å². The third-order valence-corrected chi connectivity index (χ3v) is 8.35. The van der Waals surface area contributed by atoms with Crippen molar-refractivity contribution in [2.45, 2.75) is 58.2 Å². The number of halogens is 2. The number of piperidine rings is 1. The van der Waals surface area contributed by atoms with Crippen LogP contribution in [0.15, 0.2) is 23.0 Å². The number of hydrogen-bond acceptors (Lipinski definition) is 6. The standard InChI is InChI=1S/C27H27ClFN3O4/c1-3-27(35)11-23(33)36-25-18(27)9-22-24-17(13-32(22)26(25)34)16(12-31-6-4-14(2)5-7-31)15-8-20(29)19(28)10-21(15)30-24/h8-10,14,35H,3-7,11-13H2,1-2H3/t27-/m1/s1. The Morgan fingerprint density at radius 2 is 2.00 bits per heavy atom. The normalized spacial score (nSPS) is 21.9. The quantitative estimate of drug-likeness (QED) is 0.411. The Morgan fingerprint density at radius 3 is 2.72 bits per heavy atom. The number of rotatable bonds is 3. The van der Waals surface area contributed by atoms with Crippen LogP contribution in [0.25, 0.3) is 22.3 Å². The van der Waals surface area contributed by atoms with E-state index in [0.717, 1.165) is 37.1 Å². The number of hydrogen-bond donors (Lipinski definition) is 1. The predicted molar refractivity (Wildman–Crippen MR) is 134 cm³/mol. The number of carbonyl (C=O) groups excluding carboxylic acids is 1. The zero-order chi connectivity index (χ0) is 25.4. The van der Waals surface area contributed by atoms with Crippen LogP contribution >= 0.6 is 11.6 Å². The fourth-order valence-electron chi connectivity index (χ4n) is 5.75. The molecule has 1 N–H and O–H groups in total. The molecule has 9 heteroatoms. The molecule has 6 rings (SSSR count). The highest BCUT2D eigenvalue weighted by atomic mass is 35.5. The van der Waals surface area contributed by atoms with Gasteiger partial charge >= 0.3 is 5.97 Å². The van der Waals surface area contributed by atoms with Crippen LogP contribution in [0.5, 0.6) is 5.75 Å². The van der Waals surface area contributed by atoms with Crippen molar-refractivity contribution in [1.82, 2.24) is 14.5 Å². The summed E-state index contributed by atoms with van der Waals surface area (Å²) in [6.45, 7) is 6.73. The third kappa shape index (κ3) is 3.57. The van der Waals surface area contributed by atoms with Gasteiger partial charge in [-0.3, -0.25) is 19.1 Å². The molecule has 0 spiro atoms. The Kier molecular flexibility index (Phi) is 5.48. The van der Waals surface area contributed by atoms with Gasteiger partial charge in [0.2, 0.25) is 5.75 Å². The number of aromatic nitrogens is 2. The fraction of sp³-hybridized carbons (Fsp3) is 0.444. The lowest BCUT2D eigenvalue weighted by atomic mass is 9.85. The molecular weight excluding hydrogens is 485 g/mol. The van der Waals surface area contributed by atoms with Crippen LogP contribution < -0.4 is 10.3 Å². The Labute approximate surface area is 212 Å². The molecule has 3 aliphatic heterocycles. The molecule has 0 bridgehead atoms. The minimum atomic E-state index is -1.49. The summed E-state index contributed by atoms with van der Waals surface area (Å²) in [6.07, 6.45) is 2.23. The summed E-state index contributed by atoms with van der Waals surface area (Å²) in [4.78, 5) is 32.9. The van der Waals surface area contributed by atoms with E-state index in [2.05, 4.69) is 11.8 Å². The summed E-state index contributed by atoms with van der Waals surface area (Å²) in [5.41, 5.74) is 1.81. The summed E-state index contributed by atoms with van der Waals surface area (Å²) >= 11 is 6.13. The van der Waals surface area contributed by atoms with E-state index < -0.39 is 22.9 Å². The Bertz CT molecular complexity index is 1500. The molecule has 0 aliphatic carbocycles. The van der Waals surface area contributed by atoms with Crippen LogP contribution in [0.4, 0.5) is 4.39 Å². The van der Waals surface area contributed by atoms with E-state index in [0.29, 0.717) is 40.3 Å². The van der Waals surface area contributed by atoms with Gasteiger partial charge in [-0.15, -0.1) is 0 Å². The maximum atomic E-state index is 14.6. The first kappa shape index (κ1) is 23.6. The SMILES string of the molecule is CC[C@@]1(O)CC(=O)Oc2c1cc1n(c2=O)Cc2c-1nc1cc(Cl)c(F)cc1c2CN1CCC(C)CC1. The van der Waals surface area contributed by atoms with E-state index in [4.69, 9.17) is 21.3 Å². The Hall–Kier alpha value is -2.81. The van der Waals surface area contributed by atoms with Crippen molar-refractivity contribution in [1.29, 1.82) is 0 Å². The van der Waals surface area contributed by atoms with Gasteiger partial charge in [-0.05, 0) is 62.0 Å². The van der Waals surface area contributed by atoms with Crippen LogP contribution in [-0.2, 0) is 23.5 Å². The number of aliphatic hydroxyl groups is 1. The molecule has 3 aromatic rings. The fourth-order valence-corrected chi connectivity index (χ4v) is 5.91. The van der Waals surface area contributed by atoms with Crippen LogP contribution in [0.1, 0.15) is 56.2 Å². The van der Waals surface area contributed by atoms with E-state index in [1.54, 1.807) is 13.0 Å². The smallest absolute Gasteiger partial charge is 0.314 e. The van der Waals surface area contributed by atoms with Gasteiger partial charge < -0.3 is 9.84 Å². The lowest BCUT2D eigenvalue weighted by molar-refractivity contribution is -0.143. The molecule has 1 atom stereocenters. The number of benzene rings is 1. The molecule has 0 amide bonds. The second kappa shape index (κ2) is 8.36. The second-order valence-electron chi connectivity index (χ2n) is 10.4. The second-order valence-corrected chi connectivity index (χ2v) is 10.8. The molecule has 0 unspecified atom stereocenters. The molecule has 1 saturated heterocycles. The van der Waals surface area contributed by atoms with E-state index in [1.165, 1.54) is 16.7 Å². The van der Waals surface area contributed by atoms with Crippen molar-refractivity contribution in [3.63, 3.8) is 0 Å². The van der Waals surface area contributed by atoms with Crippen LogP contribution in [0.3, 0.4) is 0 Å². The van der Waals surface area contributed by atoms with Gasteiger partial charge in [0.25, 0.3) is 5.56 Å². The zero-order valence-electron chi connectivity index (χ0n) is 20.2. The number of nitrogens with zero attached hydrogens (tertiary/aromatic N) is 3. The van der Waals surface area contributed by atoms with Gasteiger partial charge in [0.15, 0.2) is 0 Å². The Morgan fingerprint density at radius 1 is 1.25 bits per heavy atom. The average molecular weight is 512 g/mol. The summed E-state index contributed by atoms with van der Waals surface area (Å²) in [5.74, 6) is -0.597. The van der Waals surface area contributed by atoms with E-state index >= 15 is 0 Å². The first-order chi connectivity index (χ1) is 17.2. The molecule has 0 saturated carbocycles. The highest BCUT2D eigenvalue weighted by Gasteiger charge is 2.42. The molecule has 5 heterocycles. The molecule has 3 aliphatic rings. The maximum absolute atomic E-state index is 14.6. The zero-order valence-corrected chi connectivity index (χ0v) is 21.0. The number of fused-ring (bicyclic) bond motifs is 5. The number of likely N-dealkylation sites (tertiary alicyclic amines) is 1. The largest absolute Gasteiger partial charge is 0.420 e. The van der Waals surface area contributed by atoms with Crippen molar-refractivity contribution in [2.75, 3.05) is 13.1 Å². The molecular formula is C27H27ClFN3O4. The van der Waals surface area contributed by atoms with Gasteiger partial charge in [0.1, 0.15) is 11.4 Å². The van der Waals surface area contributed by atoms with Gasteiger partial charge in [-0.25, -0.2) is 9.37 Å². The highest BCUT2D eigenvalue weighted by Crippen LogP contribution is 2.43. The van der Waals surface area contributed by atoms with E-state index in [9.17, 15) is 19.1 Å². The molecule has 36 heavy (non-hydrogen) atoms. The van der Waals surface area contributed by atoms with E-state index in [-0.39, 0.29) is 30.2 Å². The van der Waals surface area contributed by atoms with Crippen LogP contribution in [0, 0.1) is 11.7 Å². The third-order valence-electron chi connectivity index (χ3n) is 8.06. The minimum Gasteiger partial charge on any atom is -0.420 e. The van der Waals surface area contributed by atoms with Gasteiger partial charge in [0, 0.05) is 23.1 Å². The number of pyridine rings is 2. The summed E-state index contributed by atoms with van der Waals surface area (Å²) < 4.78 is 21.5. The number of carbonyl (C=O) groups is 1. The van der Waals surface area contributed by atoms with Crippen molar-refractivity contribution in [2.24, 2.45) is 5.92 Å².